The Labute approximate surface area is 114 Å². The second-order valence-electron chi connectivity index (χ2n) is 6.20. The van der Waals surface area contributed by atoms with Crippen LogP contribution in [-0.4, -0.2) is 53.3 Å². The molecule has 0 aromatic carbocycles. The Balaban J connectivity index is 1.57. The van der Waals surface area contributed by atoms with Crippen LogP contribution in [-0.2, 0) is 9.59 Å². The monoisotopic (exact) mass is 265 g/mol. The molecular weight excluding hydrogens is 242 g/mol. The second kappa shape index (κ2) is 5.12. The molecule has 1 heterocycles. The van der Waals surface area contributed by atoms with Crippen LogP contribution in [0.3, 0.4) is 0 Å². The fourth-order valence-corrected chi connectivity index (χ4v) is 3.36. The Morgan fingerprint density at radius 3 is 2.58 bits per heavy atom. The van der Waals surface area contributed by atoms with Gasteiger partial charge in [0.1, 0.15) is 0 Å². The molecule has 0 radical (unpaired) electrons. The molecule has 2 aliphatic carbocycles. The van der Waals surface area contributed by atoms with E-state index >= 15 is 0 Å². The Kier molecular flexibility index (Phi) is 3.48. The standard InChI is InChI=1S/C14H23N3O2/c15-11-3-1-2-10(8-11)14(19)16-6-7-17(12-4-5-12)13(18)9-16/h10-12H,1-9,15H2. The first-order chi connectivity index (χ1) is 9.15. The van der Waals surface area contributed by atoms with Crippen molar-refractivity contribution in [3.63, 3.8) is 0 Å². The highest BCUT2D eigenvalue weighted by atomic mass is 16.2. The van der Waals surface area contributed by atoms with Crippen molar-refractivity contribution in [3.05, 3.63) is 0 Å². The zero-order valence-electron chi connectivity index (χ0n) is 11.4. The highest BCUT2D eigenvalue weighted by Crippen LogP contribution is 2.29. The summed E-state index contributed by atoms with van der Waals surface area (Å²) in [6.45, 7) is 1.70. The van der Waals surface area contributed by atoms with Crippen molar-refractivity contribution in [2.75, 3.05) is 19.6 Å². The first-order valence-corrected chi connectivity index (χ1v) is 7.49. The van der Waals surface area contributed by atoms with Gasteiger partial charge >= 0.3 is 0 Å². The van der Waals surface area contributed by atoms with Crippen LogP contribution in [0.25, 0.3) is 0 Å². The van der Waals surface area contributed by atoms with E-state index in [0.717, 1.165) is 38.5 Å². The third kappa shape index (κ3) is 2.76. The molecule has 2 atom stereocenters. The minimum Gasteiger partial charge on any atom is -0.336 e. The fraction of sp³-hybridized carbons (Fsp3) is 0.857. The third-order valence-corrected chi connectivity index (χ3v) is 4.62. The van der Waals surface area contributed by atoms with Gasteiger partial charge in [-0.2, -0.15) is 0 Å². The SMILES string of the molecule is NC1CCCC(C(=O)N2CCN(C3CC3)C(=O)C2)C1. The molecule has 3 fully saturated rings. The van der Waals surface area contributed by atoms with E-state index in [1.165, 1.54) is 0 Å². The molecule has 0 aromatic heterocycles. The fourth-order valence-electron chi connectivity index (χ4n) is 3.36. The zero-order chi connectivity index (χ0) is 13.4. The normalized spacial score (nSPS) is 32.6. The number of carbonyl (C=O) groups excluding carboxylic acids is 2. The van der Waals surface area contributed by atoms with E-state index in [-0.39, 0.29) is 30.3 Å². The Bertz CT molecular complexity index is 381. The lowest BCUT2D eigenvalue weighted by Crippen LogP contribution is -2.54. The first kappa shape index (κ1) is 12.9. The maximum atomic E-state index is 12.4. The van der Waals surface area contributed by atoms with Crippen LogP contribution < -0.4 is 5.73 Å². The van der Waals surface area contributed by atoms with Crippen LogP contribution in [0.1, 0.15) is 38.5 Å². The van der Waals surface area contributed by atoms with E-state index in [1.54, 1.807) is 4.90 Å². The van der Waals surface area contributed by atoms with Gasteiger partial charge in [0, 0.05) is 31.1 Å². The van der Waals surface area contributed by atoms with Gasteiger partial charge in [-0.1, -0.05) is 6.42 Å². The number of nitrogens with two attached hydrogens (primary N) is 1. The van der Waals surface area contributed by atoms with E-state index in [9.17, 15) is 9.59 Å². The van der Waals surface area contributed by atoms with Crippen LogP contribution in [0.15, 0.2) is 0 Å². The molecular formula is C14H23N3O2. The summed E-state index contributed by atoms with van der Waals surface area (Å²) in [7, 11) is 0. The molecule has 5 heteroatoms. The summed E-state index contributed by atoms with van der Waals surface area (Å²) in [6.07, 6.45) is 6.06. The topological polar surface area (TPSA) is 66.6 Å². The van der Waals surface area contributed by atoms with Crippen molar-refractivity contribution < 1.29 is 9.59 Å². The molecule has 2 saturated carbocycles. The predicted octanol–water partition coefficient (Wildman–Crippen LogP) is 0.337. The smallest absolute Gasteiger partial charge is 0.242 e. The van der Waals surface area contributed by atoms with Gasteiger partial charge in [-0.15, -0.1) is 0 Å². The molecule has 19 heavy (non-hydrogen) atoms. The minimum atomic E-state index is 0.0454. The lowest BCUT2D eigenvalue weighted by molar-refractivity contribution is -0.148. The Hall–Kier alpha value is -1.10. The summed E-state index contributed by atoms with van der Waals surface area (Å²) in [5.74, 6) is 0.324. The first-order valence-electron chi connectivity index (χ1n) is 7.49. The number of carbonyl (C=O) groups is 2. The van der Waals surface area contributed by atoms with Crippen LogP contribution in [0, 0.1) is 5.92 Å². The molecule has 2 unspecified atom stereocenters. The molecule has 0 bridgehead atoms. The molecule has 106 valence electrons. The highest BCUT2D eigenvalue weighted by Gasteiger charge is 2.38. The van der Waals surface area contributed by atoms with Crippen molar-refractivity contribution in [2.24, 2.45) is 11.7 Å². The van der Waals surface area contributed by atoms with Crippen LogP contribution in [0.4, 0.5) is 0 Å². The minimum absolute atomic E-state index is 0.0454. The van der Waals surface area contributed by atoms with Crippen molar-refractivity contribution in [1.82, 2.24) is 9.80 Å². The number of piperazine rings is 1. The molecule has 3 rings (SSSR count). The van der Waals surface area contributed by atoms with Gasteiger partial charge in [0.25, 0.3) is 0 Å². The summed E-state index contributed by atoms with van der Waals surface area (Å²) >= 11 is 0. The van der Waals surface area contributed by atoms with Gasteiger partial charge in [-0.05, 0) is 32.1 Å². The van der Waals surface area contributed by atoms with E-state index < -0.39 is 0 Å². The second-order valence-corrected chi connectivity index (χ2v) is 6.20. The van der Waals surface area contributed by atoms with Crippen molar-refractivity contribution >= 4 is 11.8 Å². The maximum absolute atomic E-state index is 12.4. The quantitative estimate of drug-likeness (QED) is 0.783. The van der Waals surface area contributed by atoms with E-state index in [1.807, 2.05) is 4.90 Å². The number of nitrogens with zero attached hydrogens (tertiary/aromatic N) is 2. The summed E-state index contributed by atoms with van der Waals surface area (Å²) in [6, 6.07) is 0.624. The number of amides is 2. The lowest BCUT2D eigenvalue weighted by atomic mass is 9.85. The lowest BCUT2D eigenvalue weighted by Gasteiger charge is -2.37. The number of hydrogen-bond acceptors (Lipinski definition) is 3. The summed E-state index contributed by atoms with van der Waals surface area (Å²) in [5, 5.41) is 0. The van der Waals surface area contributed by atoms with Crippen LogP contribution >= 0.6 is 0 Å². The van der Waals surface area contributed by atoms with Crippen LogP contribution in [0.2, 0.25) is 0 Å². The van der Waals surface area contributed by atoms with Crippen LogP contribution in [0.5, 0.6) is 0 Å². The van der Waals surface area contributed by atoms with E-state index in [4.69, 9.17) is 5.73 Å². The number of hydrogen-bond donors (Lipinski definition) is 1. The van der Waals surface area contributed by atoms with E-state index in [0.29, 0.717) is 19.1 Å². The summed E-state index contributed by atoms with van der Waals surface area (Å²) < 4.78 is 0. The van der Waals surface area contributed by atoms with Gasteiger partial charge in [-0.3, -0.25) is 9.59 Å². The van der Waals surface area contributed by atoms with Gasteiger partial charge in [0.2, 0.25) is 11.8 Å². The van der Waals surface area contributed by atoms with Gasteiger partial charge in [-0.25, -0.2) is 0 Å². The van der Waals surface area contributed by atoms with Gasteiger partial charge in [0.05, 0.1) is 6.54 Å². The largest absolute Gasteiger partial charge is 0.336 e. The van der Waals surface area contributed by atoms with E-state index in [2.05, 4.69) is 0 Å². The Morgan fingerprint density at radius 2 is 1.95 bits per heavy atom. The zero-order valence-corrected chi connectivity index (χ0v) is 11.4. The highest BCUT2D eigenvalue weighted by molar-refractivity contribution is 5.87. The maximum Gasteiger partial charge on any atom is 0.242 e. The molecule has 1 saturated heterocycles. The summed E-state index contributed by atoms with van der Waals surface area (Å²) in [5.41, 5.74) is 5.94. The Morgan fingerprint density at radius 1 is 1.16 bits per heavy atom. The molecule has 2 amide bonds. The van der Waals surface area contributed by atoms with Gasteiger partial charge < -0.3 is 15.5 Å². The van der Waals surface area contributed by atoms with Gasteiger partial charge in [0.15, 0.2) is 0 Å². The molecule has 3 aliphatic rings. The van der Waals surface area contributed by atoms with Crippen molar-refractivity contribution in [2.45, 2.75) is 50.6 Å². The predicted molar refractivity (Wildman–Crippen MR) is 71.2 cm³/mol. The molecule has 5 nitrogen and oxygen atoms in total. The molecule has 2 N–H and O–H groups in total. The third-order valence-electron chi connectivity index (χ3n) is 4.62. The molecule has 1 aliphatic heterocycles. The molecule has 0 aromatic rings. The molecule has 0 spiro atoms. The van der Waals surface area contributed by atoms with Crippen molar-refractivity contribution in [1.29, 1.82) is 0 Å². The van der Waals surface area contributed by atoms with Crippen molar-refractivity contribution in [3.8, 4) is 0 Å². The number of rotatable bonds is 2. The summed E-state index contributed by atoms with van der Waals surface area (Å²) in [4.78, 5) is 28.2. The average Bonchev–Trinajstić information content (AvgIpc) is 3.22. The average molecular weight is 265 g/mol.